The first-order valence-electron chi connectivity index (χ1n) is 9.51. The van der Waals surface area contributed by atoms with Gasteiger partial charge in [0.15, 0.2) is 11.0 Å². The zero-order valence-electron chi connectivity index (χ0n) is 16.7. The van der Waals surface area contributed by atoms with E-state index in [1.807, 2.05) is 85.3 Å². The molecule has 1 N–H and O–H groups in total. The van der Waals surface area contributed by atoms with E-state index in [2.05, 4.69) is 20.5 Å². The Morgan fingerprint density at radius 3 is 2.37 bits per heavy atom. The van der Waals surface area contributed by atoms with Crippen LogP contribution in [0, 0.1) is 6.92 Å². The number of benzene rings is 2. The number of rotatable bonds is 6. The molecule has 30 heavy (non-hydrogen) atoms. The van der Waals surface area contributed by atoms with E-state index >= 15 is 0 Å². The molecule has 0 aliphatic carbocycles. The molecule has 0 radical (unpaired) electrons. The number of nitrogens with zero attached hydrogens (tertiary/aromatic N) is 4. The zero-order valence-corrected chi connectivity index (χ0v) is 17.5. The van der Waals surface area contributed by atoms with Crippen LogP contribution in [0.4, 0.5) is 5.69 Å². The number of aryl methyl sites for hydroxylation is 1. The van der Waals surface area contributed by atoms with Gasteiger partial charge in [0.05, 0.1) is 0 Å². The van der Waals surface area contributed by atoms with Crippen molar-refractivity contribution < 1.29 is 4.79 Å². The van der Waals surface area contributed by atoms with Crippen molar-refractivity contribution in [3.8, 4) is 11.4 Å². The molecule has 0 fully saturated rings. The lowest BCUT2D eigenvalue weighted by Gasteiger charge is -2.17. The van der Waals surface area contributed by atoms with E-state index in [1.165, 1.54) is 11.8 Å². The van der Waals surface area contributed by atoms with Crippen LogP contribution in [0.15, 0.2) is 84.3 Å². The maximum Gasteiger partial charge on any atom is 0.242 e. The summed E-state index contributed by atoms with van der Waals surface area (Å²) in [5.74, 6) is 0.620. The number of carbonyl (C=O) groups excluding carboxylic acids is 1. The highest BCUT2D eigenvalue weighted by atomic mass is 32.2. The Bertz CT molecular complexity index is 1130. The topological polar surface area (TPSA) is 72.7 Å². The van der Waals surface area contributed by atoms with Gasteiger partial charge in [-0.3, -0.25) is 9.78 Å². The molecule has 0 spiro atoms. The average molecular weight is 416 g/mol. The quantitative estimate of drug-likeness (QED) is 0.464. The molecule has 0 aliphatic rings. The van der Waals surface area contributed by atoms with Crippen LogP contribution in [0.1, 0.15) is 16.4 Å². The van der Waals surface area contributed by atoms with Crippen molar-refractivity contribution in [3.05, 3.63) is 90.3 Å². The SMILES string of the molecule is Cc1ccc(NC(=O)[C@H](Sc2nnc(-c3ccncc3)n2C)c2ccccc2)cc1. The standard InChI is InChI=1S/C23H21N5OS/c1-16-8-10-19(11-9-16)25-22(29)20(17-6-4-3-5-7-17)30-23-27-26-21(28(23)2)18-12-14-24-15-13-18/h3-15,20H,1-2H3,(H,25,29)/t20-/m1/s1. The molecule has 0 saturated heterocycles. The maximum absolute atomic E-state index is 13.2. The smallest absolute Gasteiger partial charge is 0.242 e. The Hall–Kier alpha value is -3.45. The number of hydrogen-bond donors (Lipinski definition) is 1. The molecule has 0 bridgehead atoms. The Morgan fingerprint density at radius 2 is 1.67 bits per heavy atom. The maximum atomic E-state index is 13.2. The van der Waals surface area contributed by atoms with E-state index in [4.69, 9.17) is 0 Å². The fourth-order valence-corrected chi connectivity index (χ4v) is 4.02. The Morgan fingerprint density at radius 1 is 0.967 bits per heavy atom. The van der Waals surface area contributed by atoms with E-state index < -0.39 is 5.25 Å². The normalized spacial score (nSPS) is 11.8. The van der Waals surface area contributed by atoms with Crippen molar-refractivity contribution in [2.75, 3.05) is 5.32 Å². The van der Waals surface area contributed by atoms with Crippen LogP contribution in [-0.2, 0) is 11.8 Å². The summed E-state index contributed by atoms with van der Waals surface area (Å²) in [6, 6.07) is 21.2. The number of hydrogen-bond acceptors (Lipinski definition) is 5. The van der Waals surface area contributed by atoms with Gasteiger partial charge in [-0.05, 0) is 36.8 Å². The van der Waals surface area contributed by atoms with Crippen LogP contribution in [0.5, 0.6) is 0 Å². The first-order valence-corrected chi connectivity index (χ1v) is 10.4. The summed E-state index contributed by atoms with van der Waals surface area (Å²) >= 11 is 1.38. The number of anilines is 1. The third kappa shape index (κ3) is 4.41. The van der Waals surface area contributed by atoms with Gasteiger partial charge in [-0.1, -0.05) is 59.8 Å². The van der Waals surface area contributed by atoms with Crippen molar-refractivity contribution in [3.63, 3.8) is 0 Å². The minimum Gasteiger partial charge on any atom is -0.325 e. The number of pyridine rings is 1. The lowest BCUT2D eigenvalue weighted by atomic mass is 10.1. The highest BCUT2D eigenvalue weighted by Crippen LogP contribution is 2.36. The second-order valence-corrected chi connectivity index (χ2v) is 7.94. The van der Waals surface area contributed by atoms with Gasteiger partial charge in [-0.2, -0.15) is 0 Å². The van der Waals surface area contributed by atoms with Gasteiger partial charge in [0.2, 0.25) is 5.91 Å². The highest BCUT2D eigenvalue weighted by Gasteiger charge is 2.25. The largest absolute Gasteiger partial charge is 0.325 e. The van der Waals surface area contributed by atoms with Gasteiger partial charge < -0.3 is 9.88 Å². The number of aromatic nitrogens is 4. The minimum atomic E-state index is -0.472. The van der Waals surface area contributed by atoms with E-state index in [9.17, 15) is 4.79 Å². The Balaban J connectivity index is 1.62. The van der Waals surface area contributed by atoms with E-state index in [0.717, 1.165) is 28.2 Å². The molecule has 0 saturated carbocycles. The first kappa shape index (κ1) is 19.8. The summed E-state index contributed by atoms with van der Waals surface area (Å²) in [5, 5.41) is 11.9. The van der Waals surface area contributed by atoms with Gasteiger partial charge in [-0.15, -0.1) is 10.2 Å². The molecule has 0 unspecified atom stereocenters. The third-order valence-corrected chi connectivity index (χ3v) is 5.94. The number of nitrogens with one attached hydrogen (secondary N) is 1. The molecule has 6 nitrogen and oxygen atoms in total. The van der Waals surface area contributed by atoms with Crippen LogP contribution in [0.25, 0.3) is 11.4 Å². The van der Waals surface area contributed by atoms with Crippen molar-refractivity contribution in [2.45, 2.75) is 17.3 Å². The Labute approximate surface area is 179 Å². The van der Waals surface area contributed by atoms with Crippen LogP contribution in [0.2, 0.25) is 0 Å². The van der Waals surface area contributed by atoms with E-state index in [-0.39, 0.29) is 5.91 Å². The van der Waals surface area contributed by atoms with Crippen molar-refractivity contribution >= 4 is 23.4 Å². The molecule has 2 aromatic carbocycles. The van der Waals surface area contributed by atoms with Gasteiger partial charge >= 0.3 is 0 Å². The number of thioether (sulfide) groups is 1. The summed E-state index contributed by atoms with van der Waals surface area (Å²) in [7, 11) is 1.90. The van der Waals surface area contributed by atoms with Gasteiger partial charge in [0, 0.05) is 30.7 Å². The van der Waals surface area contributed by atoms with E-state index in [0.29, 0.717) is 5.16 Å². The summed E-state index contributed by atoms with van der Waals surface area (Å²) in [5.41, 5.74) is 3.74. The van der Waals surface area contributed by atoms with Gasteiger partial charge in [-0.25, -0.2) is 0 Å². The molecule has 2 aromatic heterocycles. The summed E-state index contributed by atoms with van der Waals surface area (Å²) < 4.78 is 1.90. The van der Waals surface area contributed by atoms with Crippen LogP contribution < -0.4 is 5.32 Å². The summed E-state index contributed by atoms with van der Waals surface area (Å²) in [6.45, 7) is 2.02. The monoisotopic (exact) mass is 415 g/mol. The molecule has 2 heterocycles. The van der Waals surface area contributed by atoms with Crippen LogP contribution in [-0.4, -0.2) is 25.7 Å². The Kier molecular flexibility index (Phi) is 5.90. The molecule has 1 atom stereocenters. The van der Waals surface area contributed by atoms with Crippen LogP contribution >= 0.6 is 11.8 Å². The predicted molar refractivity (Wildman–Crippen MR) is 119 cm³/mol. The molecular weight excluding hydrogens is 394 g/mol. The predicted octanol–water partition coefficient (Wildman–Crippen LogP) is 4.66. The minimum absolute atomic E-state index is 0.108. The molecule has 7 heteroatoms. The average Bonchev–Trinajstić information content (AvgIpc) is 3.15. The second kappa shape index (κ2) is 8.92. The summed E-state index contributed by atoms with van der Waals surface area (Å²) in [4.78, 5) is 17.2. The van der Waals surface area contributed by atoms with E-state index in [1.54, 1.807) is 12.4 Å². The van der Waals surface area contributed by atoms with Crippen LogP contribution in [0.3, 0.4) is 0 Å². The van der Waals surface area contributed by atoms with Crippen molar-refractivity contribution in [1.29, 1.82) is 0 Å². The lowest BCUT2D eigenvalue weighted by molar-refractivity contribution is -0.115. The molecule has 4 rings (SSSR count). The molecule has 0 aliphatic heterocycles. The lowest BCUT2D eigenvalue weighted by Crippen LogP contribution is -2.19. The zero-order chi connectivity index (χ0) is 20.9. The van der Waals surface area contributed by atoms with Gasteiger partial charge in [0.1, 0.15) is 5.25 Å². The molecule has 150 valence electrons. The summed E-state index contributed by atoms with van der Waals surface area (Å²) in [6.07, 6.45) is 3.44. The molecule has 1 amide bonds. The fourth-order valence-electron chi connectivity index (χ4n) is 3.02. The molecule has 4 aromatic rings. The number of amides is 1. The molecular formula is C23H21N5OS. The fraction of sp³-hybridized carbons (Fsp3) is 0.130. The first-order chi connectivity index (χ1) is 14.6. The third-order valence-electron chi connectivity index (χ3n) is 4.66. The van der Waals surface area contributed by atoms with Gasteiger partial charge in [0.25, 0.3) is 0 Å². The second-order valence-electron chi connectivity index (χ2n) is 6.86. The van der Waals surface area contributed by atoms with Crippen molar-refractivity contribution in [2.24, 2.45) is 7.05 Å². The van der Waals surface area contributed by atoms with Crippen molar-refractivity contribution in [1.82, 2.24) is 19.7 Å². The number of carbonyl (C=O) groups is 1. The highest BCUT2D eigenvalue weighted by molar-refractivity contribution is 8.00.